The maximum atomic E-state index is 5.51. The van der Waals surface area contributed by atoms with Crippen molar-refractivity contribution in [2.24, 2.45) is 0 Å². The van der Waals surface area contributed by atoms with E-state index in [0.717, 1.165) is 44.3 Å². The molecule has 0 fully saturated rings. The quantitative estimate of drug-likeness (QED) is 0.373. The normalized spacial score (nSPS) is 10.8. The van der Waals surface area contributed by atoms with E-state index in [4.69, 9.17) is 18.9 Å². The van der Waals surface area contributed by atoms with Crippen LogP contribution in [-0.4, -0.2) is 28.4 Å². The van der Waals surface area contributed by atoms with Crippen LogP contribution in [0, 0.1) is 6.92 Å². The number of halogens is 1. The van der Waals surface area contributed by atoms with Crippen molar-refractivity contribution >= 4 is 39.6 Å². The molecule has 2 aromatic heterocycles. The highest BCUT2D eigenvalue weighted by Gasteiger charge is 2.19. The molecular weight excluding hydrogens is 378 g/mol. The average Bonchev–Trinajstić information content (AvgIpc) is 2.71. The lowest BCUT2D eigenvalue weighted by molar-refractivity contribution is -0.480. The number of aromatic nitrogens is 1. The molecule has 4 aromatic rings. The fourth-order valence-corrected chi connectivity index (χ4v) is 3.64. The van der Waals surface area contributed by atoms with Gasteiger partial charge in [0.05, 0.1) is 45.3 Å². The van der Waals surface area contributed by atoms with Gasteiger partial charge in [-0.1, -0.05) is 0 Å². The van der Waals surface area contributed by atoms with Gasteiger partial charge in [0.1, 0.15) is 0 Å². The number of benzene rings is 2. The van der Waals surface area contributed by atoms with E-state index in [1.54, 1.807) is 28.4 Å². The number of hydrogen-bond donors (Lipinski definition) is 0. The molecule has 2 aromatic carbocycles. The molecule has 2 heterocycles. The Morgan fingerprint density at radius 1 is 0.643 bits per heavy atom. The third-order valence-corrected chi connectivity index (χ3v) is 5.03. The number of nitrogens with zero attached hydrogens (tertiary/aromatic N) is 1. The first-order chi connectivity index (χ1) is 13.1. The van der Waals surface area contributed by atoms with Crippen LogP contribution < -0.4 is 23.3 Å². The molecule has 0 aliphatic carbocycles. The summed E-state index contributed by atoms with van der Waals surface area (Å²) in [5.74, 6) is 2.86. The Morgan fingerprint density at radius 2 is 1.14 bits per heavy atom. The minimum absolute atomic E-state index is 0. The lowest BCUT2D eigenvalue weighted by Gasteiger charge is -2.11. The van der Waals surface area contributed by atoms with Crippen LogP contribution in [0.4, 0.5) is 0 Å². The van der Waals surface area contributed by atoms with Crippen LogP contribution in [0.1, 0.15) is 5.56 Å². The zero-order chi connectivity index (χ0) is 19.1. The fourth-order valence-electron chi connectivity index (χ4n) is 3.64. The van der Waals surface area contributed by atoms with Crippen molar-refractivity contribution in [1.29, 1.82) is 0 Å². The zero-order valence-corrected chi connectivity index (χ0v) is 17.3. The van der Waals surface area contributed by atoms with Crippen LogP contribution in [0.15, 0.2) is 42.6 Å². The number of hydrogen-bond acceptors (Lipinski definition) is 4. The number of fused-ring (bicyclic) bond motifs is 5. The standard InChI is InChI=1S/C22H22NO4.ClH/c1-13-8-17-16-11-21(26-4)19(24-2)9-14(16)6-7-23(17)18-12-22(27-5)20(25-3)10-15(13)18;/h6-12H,1-5H3;1H/q+1;. The van der Waals surface area contributed by atoms with Crippen molar-refractivity contribution in [2.75, 3.05) is 28.4 Å². The third-order valence-electron chi connectivity index (χ3n) is 5.03. The van der Waals surface area contributed by atoms with Crippen molar-refractivity contribution in [3.8, 4) is 23.0 Å². The van der Waals surface area contributed by atoms with Crippen molar-refractivity contribution in [3.63, 3.8) is 0 Å². The molecule has 4 rings (SSSR count). The van der Waals surface area contributed by atoms with E-state index < -0.39 is 0 Å². The predicted molar refractivity (Wildman–Crippen MR) is 113 cm³/mol. The second-order valence-electron chi connectivity index (χ2n) is 6.42. The first-order valence-electron chi connectivity index (χ1n) is 8.66. The van der Waals surface area contributed by atoms with Gasteiger partial charge in [-0.2, -0.15) is 4.40 Å². The van der Waals surface area contributed by atoms with Gasteiger partial charge in [0.15, 0.2) is 29.2 Å². The summed E-state index contributed by atoms with van der Waals surface area (Å²) < 4.78 is 24.1. The highest BCUT2D eigenvalue weighted by molar-refractivity contribution is 5.98. The van der Waals surface area contributed by atoms with E-state index in [-0.39, 0.29) is 12.4 Å². The SMILES string of the molecule is COc1cc2cc[n+]3c4cc(OC)c(OC)cc4c(C)cc3c2cc1OC.Cl. The number of pyridine rings is 2. The highest BCUT2D eigenvalue weighted by Crippen LogP contribution is 2.36. The van der Waals surface area contributed by atoms with Crippen molar-refractivity contribution in [1.82, 2.24) is 0 Å². The van der Waals surface area contributed by atoms with Gasteiger partial charge in [0.25, 0.3) is 0 Å². The molecule has 0 aliphatic rings. The van der Waals surface area contributed by atoms with E-state index in [1.807, 2.05) is 24.3 Å². The van der Waals surface area contributed by atoms with Gasteiger partial charge >= 0.3 is 0 Å². The maximum absolute atomic E-state index is 5.51. The van der Waals surface area contributed by atoms with Crippen molar-refractivity contribution in [2.45, 2.75) is 6.92 Å². The molecule has 0 amide bonds. The third kappa shape index (κ3) is 2.92. The summed E-state index contributed by atoms with van der Waals surface area (Å²) in [6.45, 7) is 2.10. The Labute approximate surface area is 169 Å². The molecular formula is C22H23ClNO4+. The average molecular weight is 401 g/mol. The van der Waals surface area contributed by atoms with Gasteiger partial charge in [-0.15, -0.1) is 12.4 Å². The van der Waals surface area contributed by atoms with E-state index >= 15 is 0 Å². The molecule has 28 heavy (non-hydrogen) atoms. The van der Waals surface area contributed by atoms with Crippen molar-refractivity contribution in [3.05, 3.63) is 48.2 Å². The van der Waals surface area contributed by atoms with Crippen LogP contribution in [0.25, 0.3) is 27.2 Å². The highest BCUT2D eigenvalue weighted by atomic mass is 35.5. The predicted octanol–water partition coefficient (Wildman–Crippen LogP) is 4.50. The first kappa shape index (κ1) is 19.8. The Morgan fingerprint density at radius 3 is 1.75 bits per heavy atom. The smallest absolute Gasteiger partial charge is 0.222 e. The summed E-state index contributed by atoms with van der Waals surface area (Å²) in [7, 11) is 6.61. The summed E-state index contributed by atoms with van der Waals surface area (Å²) in [5.41, 5.74) is 3.30. The largest absolute Gasteiger partial charge is 0.493 e. The molecule has 0 aliphatic heterocycles. The monoisotopic (exact) mass is 400 g/mol. The molecule has 0 saturated carbocycles. The van der Waals surface area contributed by atoms with Gasteiger partial charge in [-0.3, -0.25) is 0 Å². The molecule has 0 radical (unpaired) electrons. The Hall–Kier alpha value is -2.92. The molecule has 0 unspecified atom stereocenters. The summed E-state index contributed by atoms with van der Waals surface area (Å²) >= 11 is 0. The summed E-state index contributed by atoms with van der Waals surface area (Å²) in [6.07, 6.45) is 2.07. The van der Waals surface area contributed by atoms with Crippen LogP contribution in [-0.2, 0) is 0 Å². The minimum atomic E-state index is 0. The number of methoxy groups -OCH3 is 4. The molecule has 6 heteroatoms. The lowest BCUT2D eigenvalue weighted by atomic mass is 10.0. The van der Waals surface area contributed by atoms with Gasteiger partial charge < -0.3 is 18.9 Å². The van der Waals surface area contributed by atoms with Crippen LogP contribution in [0.3, 0.4) is 0 Å². The Balaban J connectivity index is 0.00000225. The molecule has 0 N–H and O–H groups in total. The maximum Gasteiger partial charge on any atom is 0.222 e. The van der Waals surface area contributed by atoms with Crippen molar-refractivity contribution < 1.29 is 23.3 Å². The second-order valence-corrected chi connectivity index (χ2v) is 6.42. The lowest BCUT2D eigenvalue weighted by Crippen LogP contribution is -2.23. The summed E-state index contributed by atoms with van der Waals surface area (Å²) in [5, 5.41) is 3.30. The summed E-state index contributed by atoms with van der Waals surface area (Å²) in [6, 6.07) is 12.3. The molecule has 146 valence electrons. The van der Waals surface area contributed by atoms with E-state index in [2.05, 4.69) is 29.7 Å². The number of rotatable bonds is 4. The molecule has 0 spiro atoms. The topological polar surface area (TPSA) is 41.0 Å². The second kappa shape index (κ2) is 7.60. The first-order valence-corrected chi connectivity index (χ1v) is 8.66. The molecule has 0 bridgehead atoms. The molecule has 0 atom stereocenters. The van der Waals surface area contributed by atoms with E-state index in [9.17, 15) is 0 Å². The van der Waals surface area contributed by atoms with Gasteiger partial charge in [-0.25, -0.2) is 0 Å². The van der Waals surface area contributed by atoms with Gasteiger partial charge in [0.2, 0.25) is 11.0 Å². The fraction of sp³-hybridized carbons (Fsp3) is 0.227. The number of ether oxygens (including phenoxy) is 4. The minimum Gasteiger partial charge on any atom is -0.493 e. The Kier molecular flexibility index (Phi) is 5.38. The summed E-state index contributed by atoms with van der Waals surface area (Å²) in [4.78, 5) is 0. The zero-order valence-electron chi connectivity index (χ0n) is 16.5. The molecule has 5 nitrogen and oxygen atoms in total. The van der Waals surface area contributed by atoms with Crippen LogP contribution >= 0.6 is 12.4 Å². The Bertz CT molecular complexity index is 1190. The van der Waals surface area contributed by atoms with Crippen LogP contribution in [0.5, 0.6) is 23.0 Å². The van der Waals surface area contributed by atoms with Gasteiger partial charge in [-0.05, 0) is 36.1 Å². The number of aryl methyl sites for hydroxylation is 1. The van der Waals surface area contributed by atoms with Crippen LogP contribution in [0.2, 0.25) is 0 Å². The van der Waals surface area contributed by atoms with E-state index in [1.165, 1.54) is 0 Å². The van der Waals surface area contributed by atoms with Gasteiger partial charge in [0, 0.05) is 12.1 Å². The van der Waals surface area contributed by atoms with E-state index in [0.29, 0.717) is 11.5 Å². The molecule has 0 saturated heterocycles.